The van der Waals surface area contributed by atoms with Crippen molar-refractivity contribution < 1.29 is 14.7 Å². The van der Waals surface area contributed by atoms with E-state index in [4.69, 9.17) is 15.9 Å². The molecule has 194 valence electrons. The van der Waals surface area contributed by atoms with Gasteiger partial charge in [-0.1, -0.05) is 83.5 Å². The molecule has 1 aromatic heterocycles. The second kappa shape index (κ2) is 11.9. The van der Waals surface area contributed by atoms with E-state index in [1.807, 2.05) is 12.1 Å². The average Bonchev–Trinajstić information content (AvgIpc) is 3.30. The summed E-state index contributed by atoms with van der Waals surface area (Å²) >= 11 is 0. The molecule has 0 fully saturated rings. The summed E-state index contributed by atoms with van der Waals surface area (Å²) in [6.07, 6.45) is 4.35. The van der Waals surface area contributed by atoms with Crippen LogP contribution in [0.4, 0.5) is 0 Å². The number of aromatic nitrogens is 2. The number of fused-ring (bicyclic) bond motifs is 1. The van der Waals surface area contributed by atoms with Crippen molar-refractivity contribution in [2.24, 2.45) is 5.73 Å². The van der Waals surface area contributed by atoms with Gasteiger partial charge in [-0.05, 0) is 58.4 Å². The second-order valence-electron chi connectivity index (χ2n) is 10.2. The number of amides is 1. The maximum absolute atomic E-state index is 11.4. The van der Waals surface area contributed by atoms with Crippen LogP contribution < -0.4 is 5.73 Å². The minimum absolute atomic E-state index is 0.115. The molecule has 0 radical (unpaired) electrons. The Labute approximate surface area is 219 Å². The smallest absolute Gasteiger partial charge is 0.303 e. The minimum Gasteiger partial charge on any atom is -0.481 e. The van der Waals surface area contributed by atoms with Crippen LogP contribution in [0.2, 0.25) is 0 Å². The standard InChI is InChI=1S/C28H31N3O.C3H6O2/c1-5-6-26(20-7-9-21(10-8-20)27(29)32)31-18-23-17-22(13-16-25(23)30-31)19-11-14-24(15-12-19)28(2,3)4;1-2-3(4)5/h7-18,26H,5-6H2,1-4H3,(H2,29,32);2H2,1H3,(H,4,5). The van der Waals surface area contributed by atoms with Gasteiger partial charge in [0, 0.05) is 23.6 Å². The van der Waals surface area contributed by atoms with Gasteiger partial charge in [-0.25, -0.2) is 0 Å². The molecule has 0 spiro atoms. The maximum Gasteiger partial charge on any atom is 0.303 e. The summed E-state index contributed by atoms with van der Waals surface area (Å²) in [6.45, 7) is 10.5. The SMILES string of the molecule is CCC(=O)O.CCCC(c1ccc(C(N)=O)cc1)n1cc2cc(-c3ccc(C(C)(C)C)cc3)ccc2n1. The molecule has 4 aromatic rings. The quantitative estimate of drug-likeness (QED) is 0.287. The van der Waals surface area contributed by atoms with Gasteiger partial charge in [0.1, 0.15) is 0 Å². The highest BCUT2D eigenvalue weighted by Gasteiger charge is 2.16. The summed E-state index contributed by atoms with van der Waals surface area (Å²) in [4.78, 5) is 20.8. The molecule has 1 atom stereocenters. The van der Waals surface area contributed by atoms with Crippen molar-refractivity contribution in [2.75, 3.05) is 0 Å². The van der Waals surface area contributed by atoms with Crippen molar-refractivity contribution in [3.8, 4) is 11.1 Å². The first-order chi connectivity index (χ1) is 17.5. The van der Waals surface area contributed by atoms with Crippen molar-refractivity contribution in [3.63, 3.8) is 0 Å². The van der Waals surface area contributed by atoms with Crippen LogP contribution in [0.1, 0.15) is 81.4 Å². The first-order valence-electron chi connectivity index (χ1n) is 12.7. The van der Waals surface area contributed by atoms with E-state index in [0.29, 0.717) is 5.56 Å². The van der Waals surface area contributed by atoms with Crippen LogP contribution in [-0.4, -0.2) is 26.8 Å². The predicted molar refractivity (Wildman–Crippen MR) is 150 cm³/mol. The van der Waals surface area contributed by atoms with Crippen LogP contribution in [0, 0.1) is 0 Å². The fourth-order valence-corrected chi connectivity index (χ4v) is 4.14. The predicted octanol–water partition coefficient (Wildman–Crippen LogP) is 6.97. The van der Waals surface area contributed by atoms with Crippen molar-refractivity contribution in [2.45, 2.75) is 65.3 Å². The fraction of sp³-hybridized carbons (Fsp3) is 0.323. The molecule has 0 saturated heterocycles. The third-order valence-corrected chi connectivity index (χ3v) is 6.37. The lowest BCUT2D eigenvalue weighted by Crippen LogP contribution is -2.13. The van der Waals surface area contributed by atoms with Gasteiger partial charge in [0.2, 0.25) is 5.91 Å². The highest BCUT2D eigenvalue weighted by Crippen LogP contribution is 2.30. The zero-order chi connectivity index (χ0) is 27.2. The van der Waals surface area contributed by atoms with E-state index in [2.05, 4.69) is 81.0 Å². The Kier molecular flexibility index (Phi) is 8.87. The van der Waals surface area contributed by atoms with Crippen LogP contribution >= 0.6 is 0 Å². The summed E-state index contributed by atoms with van der Waals surface area (Å²) in [5.41, 5.74) is 11.9. The number of aliphatic carboxylic acids is 1. The van der Waals surface area contributed by atoms with Crippen LogP contribution in [0.15, 0.2) is 72.9 Å². The monoisotopic (exact) mass is 499 g/mol. The lowest BCUT2D eigenvalue weighted by atomic mass is 9.86. The summed E-state index contributed by atoms with van der Waals surface area (Å²) < 4.78 is 2.06. The molecule has 0 aliphatic carbocycles. The molecule has 0 bridgehead atoms. The molecule has 0 saturated carbocycles. The molecule has 0 aliphatic rings. The van der Waals surface area contributed by atoms with Crippen molar-refractivity contribution in [1.82, 2.24) is 9.78 Å². The number of hydrogen-bond acceptors (Lipinski definition) is 3. The van der Waals surface area contributed by atoms with Gasteiger partial charge in [0.25, 0.3) is 0 Å². The third-order valence-electron chi connectivity index (χ3n) is 6.37. The van der Waals surface area contributed by atoms with Gasteiger partial charge in [-0.3, -0.25) is 14.3 Å². The number of primary amides is 1. The Morgan fingerprint density at radius 3 is 2.05 bits per heavy atom. The number of nitrogens with zero attached hydrogens (tertiary/aromatic N) is 2. The van der Waals surface area contributed by atoms with E-state index in [9.17, 15) is 9.59 Å². The average molecular weight is 500 g/mol. The highest BCUT2D eigenvalue weighted by atomic mass is 16.4. The fourth-order valence-electron chi connectivity index (χ4n) is 4.14. The molecule has 37 heavy (non-hydrogen) atoms. The number of carboxylic acid groups (broad SMARTS) is 1. The van der Waals surface area contributed by atoms with Crippen LogP contribution in [0.5, 0.6) is 0 Å². The lowest BCUT2D eigenvalue weighted by Gasteiger charge is -2.19. The Morgan fingerprint density at radius 1 is 0.946 bits per heavy atom. The molecule has 3 N–H and O–H groups in total. The summed E-state index contributed by atoms with van der Waals surface area (Å²) in [6, 6.07) is 23.0. The Hall–Kier alpha value is -3.93. The van der Waals surface area contributed by atoms with E-state index in [-0.39, 0.29) is 17.9 Å². The normalized spacial score (nSPS) is 12.0. The Bertz CT molecular complexity index is 1350. The van der Waals surface area contributed by atoms with E-state index in [1.165, 1.54) is 16.7 Å². The first kappa shape index (κ1) is 27.7. The molecule has 1 amide bonds. The summed E-state index contributed by atoms with van der Waals surface area (Å²) in [7, 11) is 0. The van der Waals surface area contributed by atoms with Gasteiger partial charge in [-0.2, -0.15) is 5.10 Å². The topological polar surface area (TPSA) is 98.2 Å². The number of rotatable bonds is 7. The zero-order valence-electron chi connectivity index (χ0n) is 22.4. The molecule has 4 rings (SSSR count). The molecule has 0 aliphatic heterocycles. The van der Waals surface area contributed by atoms with Crippen molar-refractivity contribution in [1.29, 1.82) is 0 Å². The molecule has 3 aromatic carbocycles. The molecule has 6 nitrogen and oxygen atoms in total. The molecular weight excluding hydrogens is 462 g/mol. The number of carbonyl (C=O) groups excluding carboxylic acids is 1. The number of benzene rings is 3. The van der Waals surface area contributed by atoms with E-state index < -0.39 is 11.9 Å². The van der Waals surface area contributed by atoms with Crippen LogP contribution in [0.25, 0.3) is 22.0 Å². The van der Waals surface area contributed by atoms with Gasteiger partial charge < -0.3 is 10.8 Å². The first-order valence-corrected chi connectivity index (χ1v) is 12.7. The third kappa shape index (κ3) is 7.06. The zero-order valence-corrected chi connectivity index (χ0v) is 22.4. The Morgan fingerprint density at radius 2 is 1.54 bits per heavy atom. The highest BCUT2D eigenvalue weighted by molar-refractivity contribution is 5.92. The van der Waals surface area contributed by atoms with Crippen LogP contribution in [-0.2, 0) is 10.2 Å². The van der Waals surface area contributed by atoms with E-state index in [0.717, 1.165) is 29.3 Å². The number of nitrogens with two attached hydrogens (primary N) is 1. The molecule has 6 heteroatoms. The second-order valence-corrected chi connectivity index (χ2v) is 10.2. The largest absolute Gasteiger partial charge is 0.481 e. The van der Waals surface area contributed by atoms with Gasteiger partial charge >= 0.3 is 5.97 Å². The molecular formula is C31H37N3O3. The van der Waals surface area contributed by atoms with Gasteiger partial charge in [0.15, 0.2) is 0 Å². The van der Waals surface area contributed by atoms with Crippen LogP contribution in [0.3, 0.4) is 0 Å². The van der Waals surface area contributed by atoms with Crippen molar-refractivity contribution in [3.05, 3.63) is 89.6 Å². The number of hydrogen-bond donors (Lipinski definition) is 2. The number of carboxylic acids is 1. The molecule has 1 unspecified atom stereocenters. The van der Waals surface area contributed by atoms with Gasteiger partial charge in [-0.15, -0.1) is 0 Å². The van der Waals surface area contributed by atoms with Gasteiger partial charge in [0.05, 0.1) is 11.6 Å². The molecule has 1 heterocycles. The lowest BCUT2D eigenvalue weighted by molar-refractivity contribution is -0.136. The Balaban J connectivity index is 0.000000695. The number of carbonyl (C=O) groups is 2. The maximum atomic E-state index is 11.4. The van der Waals surface area contributed by atoms with E-state index >= 15 is 0 Å². The summed E-state index contributed by atoms with van der Waals surface area (Å²) in [5.74, 6) is -1.15. The summed E-state index contributed by atoms with van der Waals surface area (Å²) in [5, 5.41) is 13.7. The van der Waals surface area contributed by atoms with Crippen molar-refractivity contribution >= 4 is 22.8 Å². The van der Waals surface area contributed by atoms with E-state index in [1.54, 1.807) is 19.1 Å². The minimum atomic E-state index is -0.745.